The fraction of sp³-hybridized carbons (Fsp3) is 0.158. The third-order valence-electron chi connectivity index (χ3n) is 3.85. The van der Waals surface area contributed by atoms with Crippen LogP contribution in [0, 0.1) is 0 Å². The molecule has 0 aliphatic rings. The fourth-order valence-electron chi connectivity index (χ4n) is 2.59. The SMILES string of the molecule is COc1cc(C(=O)c2ccc(-c3nccs3)cc2O)cc(OC)c1OC. The Hall–Kier alpha value is -3.06. The van der Waals surface area contributed by atoms with Gasteiger partial charge in [0.2, 0.25) is 5.75 Å². The molecular formula is C19H17NO5S. The molecule has 0 aliphatic heterocycles. The Kier molecular flexibility index (Phi) is 5.09. The molecule has 3 aromatic rings. The third-order valence-corrected chi connectivity index (χ3v) is 4.67. The summed E-state index contributed by atoms with van der Waals surface area (Å²) in [7, 11) is 4.45. The molecule has 26 heavy (non-hydrogen) atoms. The molecular weight excluding hydrogens is 354 g/mol. The molecule has 2 aromatic carbocycles. The summed E-state index contributed by atoms with van der Waals surface area (Å²) in [6, 6.07) is 7.97. The molecule has 0 radical (unpaired) electrons. The van der Waals surface area contributed by atoms with Crippen molar-refractivity contribution in [1.29, 1.82) is 0 Å². The lowest BCUT2D eigenvalue weighted by molar-refractivity contribution is 0.103. The summed E-state index contributed by atoms with van der Waals surface area (Å²) in [5, 5.41) is 13.0. The first kappa shape index (κ1) is 17.8. The monoisotopic (exact) mass is 371 g/mol. The van der Waals surface area contributed by atoms with Crippen LogP contribution in [0.15, 0.2) is 41.9 Å². The molecule has 0 spiro atoms. The number of benzene rings is 2. The van der Waals surface area contributed by atoms with Crippen molar-refractivity contribution in [3.8, 4) is 33.6 Å². The van der Waals surface area contributed by atoms with E-state index < -0.39 is 0 Å². The first-order chi connectivity index (χ1) is 12.6. The highest BCUT2D eigenvalue weighted by atomic mass is 32.1. The van der Waals surface area contributed by atoms with E-state index in [9.17, 15) is 9.90 Å². The Morgan fingerprint density at radius 2 is 1.73 bits per heavy atom. The maximum Gasteiger partial charge on any atom is 0.203 e. The van der Waals surface area contributed by atoms with Crippen molar-refractivity contribution in [2.24, 2.45) is 0 Å². The lowest BCUT2D eigenvalue weighted by atomic mass is 10.00. The first-order valence-electron chi connectivity index (χ1n) is 7.66. The molecule has 1 aromatic heterocycles. The van der Waals surface area contributed by atoms with Crippen LogP contribution in [-0.4, -0.2) is 37.2 Å². The maximum atomic E-state index is 12.9. The molecule has 0 saturated heterocycles. The number of phenols is 1. The molecule has 0 bridgehead atoms. The second-order valence-corrected chi connectivity index (χ2v) is 6.21. The summed E-state index contributed by atoms with van der Waals surface area (Å²) in [6.45, 7) is 0. The molecule has 0 atom stereocenters. The minimum atomic E-state index is -0.354. The molecule has 6 nitrogen and oxygen atoms in total. The number of ether oxygens (including phenoxy) is 3. The van der Waals surface area contributed by atoms with E-state index in [1.165, 1.54) is 38.7 Å². The van der Waals surface area contributed by atoms with Crippen LogP contribution >= 0.6 is 11.3 Å². The number of aromatic nitrogens is 1. The Morgan fingerprint density at radius 3 is 2.23 bits per heavy atom. The van der Waals surface area contributed by atoms with Crippen LogP contribution in [0.25, 0.3) is 10.6 Å². The van der Waals surface area contributed by atoms with Crippen molar-refractivity contribution in [1.82, 2.24) is 4.98 Å². The average Bonchev–Trinajstić information content (AvgIpc) is 3.20. The lowest BCUT2D eigenvalue weighted by Gasteiger charge is -2.14. The van der Waals surface area contributed by atoms with Crippen molar-refractivity contribution >= 4 is 17.1 Å². The van der Waals surface area contributed by atoms with Crippen molar-refractivity contribution in [2.75, 3.05) is 21.3 Å². The van der Waals surface area contributed by atoms with Gasteiger partial charge in [-0.1, -0.05) is 6.07 Å². The zero-order valence-electron chi connectivity index (χ0n) is 14.5. The van der Waals surface area contributed by atoms with Gasteiger partial charge in [0.05, 0.1) is 26.9 Å². The van der Waals surface area contributed by atoms with Gasteiger partial charge in [0.1, 0.15) is 10.8 Å². The summed E-state index contributed by atoms with van der Waals surface area (Å²) >= 11 is 1.46. The molecule has 1 N–H and O–H groups in total. The number of rotatable bonds is 6. The third kappa shape index (κ3) is 3.21. The molecule has 0 saturated carbocycles. The van der Waals surface area contributed by atoms with Crippen molar-refractivity contribution in [2.45, 2.75) is 0 Å². The lowest BCUT2D eigenvalue weighted by Crippen LogP contribution is -2.04. The standard InChI is InChI=1S/C19H17NO5S/c1-23-15-9-12(10-16(24-2)18(15)25-3)17(22)13-5-4-11(8-14(13)21)19-20-6-7-26-19/h4-10,21H,1-3H3. The van der Waals surface area contributed by atoms with Gasteiger partial charge in [-0.05, 0) is 24.3 Å². The highest BCUT2D eigenvalue weighted by molar-refractivity contribution is 7.13. The number of aromatic hydroxyl groups is 1. The molecule has 0 fully saturated rings. The maximum absolute atomic E-state index is 12.9. The Morgan fingerprint density at radius 1 is 1.04 bits per heavy atom. The van der Waals surface area contributed by atoms with Crippen LogP contribution in [0.4, 0.5) is 0 Å². The molecule has 0 aliphatic carbocycles. The smallest absolute Gasteiger partial charge is 0.203 e. The number of hydrogen-bond donors (Lipinski definition) is 1. The number of thiazole rings is 1. The summed E-state index contributed by atoms with van der Waals surface area (Å²) in [5.41, 5.74) is 1.25. The van der Waals surface area contributed by atoms with Gasteiger partial charge in [-0.3, -0.25) is 4.79 Å². The summed E-state index contributed by atoms with van der Waals surface area (Å²) in [6.07, 6.45) is 1.69. The minimum Gasteiger partial charge on any atom is -0.507 e. The average molecular weight is 371 g/mol. The number of phenolic OH excluding ortho intramolecular Hbond substituents is 1. The van der Waals surface area contributed by atoms with Crippen LogP contribution in [0.3, 0.4) is 0 Å². The van der Waals surface area contributed by atoms with Crippen LogP contribution in [0.5, 0.6) is 23.0 Å². The van der Waals surface area contributed by atoms with Crippen LogP contribution in [0.2, 0.25) is 0 Å². The van der Waals surface area contributed by atoms with Crippen LogP contribution in [-0.2, 0) is 0 Å². The summed E-state index contributed by atoms with van der Waals surface area (Å²) in [5.74, 6) is 0.668. The second kappa shape index (κ2) is 7.45. The molecule has 0 amide bonds. The molecule has 0 unspecified atom stereocenters. The van der Waals surface area contributed by atoms with Crippen LogP contribution in [0.1, 0.15) is 15.9 Å². The quantitative estimate of drug-likeness (QED) is 0.665. The van der Waals surface area contributed by atoms with Crippen molar-refractivity contribution in [3.05, 3.63) is 53.0 Å². The molecule has 3 rings (SSSR count). The highest BCUT2D eigenvalue weighted by Gasteiger charge is 2.20. The van der Waals surface area contributed by atoms with Gasteiger partial charge in [0, 0.05) is 22.7 Å². The van der Waals surface area contributed by atoms with Gasteiger partial charge in [0.25, 0.3) is 0 Å². The van der Waals surface area contributed by atoms with Gasteiger partial charge in [-0.25, -0.2) is 4.98 Å². The number of hydrogen-bond acceptors (Lipinski definition) is 7. The molecule has 7 heteroatoms. The van der Waals surface area contributed by atoms with Gasteiger partial charge < -0.3 is 19.3 Å². The van der Waals surface area contributed by atoms with E-state index in [-0.39, 0.29) is 17.1 Å². The van der Waals surface area contributed by atoms with E-state index >= 15 is 0 Å². The topological polar surface area (TPSA) is 77.9 Å². The summed E-state index contributed by atoms with van der Waals surface area (Å²) < 4.78 is 15.8. The van der Waals surface area contributed by atoms with E-state index in [1.807, 2.05) is 5.38 Å². The predicted octanol–water partition coefficient (Wildman–Crippen LogP) is 3.77. The normalized spacial score (nSPS) is 10.4. The first-order valence-corrected chi connectivity index (χ1v) is 8.54. The van der Waals surface area contributed by atoms with Gasteiger partial charge >= 0.3 is 0 Å². The second-order valence-electron chi connectivity index (χ2n) is 5.31. The van der Waals surface area contributed by atoms with Crippen molar-refractivity contribution < 1.29 is 24.1 Å². The van der Waals surface area contributed by atoms with Gasteiger partial charge in [-0.2, -0.15) is 0 Å². The fourth-order valence-corrected chi connectivity index (χ4v) is 3.23. The van der Waals surface area contributed by atoms with E-state index in [1.54, 1.807) is 30.5 Å². The number of ketones is 1. The van der Waals surface area contributed by atoms with Crippen molar-refractivity contribution in [3.63, 3.8) is 0 Å². The number of carbonyl (C=O) groups is 1. The highest BCUT2D eigenvalue weighted by Crippen LogP contribution is 2.39. The molecule has 134 valence electrons. The number of carbonyl (C=O) groups excluding carboxylic acids is 1. The van der Waals surface area contributed by atoms with E-state index in [0.717, 1.165) is 10.6 Å². The Balaban J connectivity index is 2.02. The Labute approximate surface area is 154 Å². The Bertz CT molecular complexity index is 912. The van der Waals surface area contributed by atoms with Crippen LogP contribution < -0.4 is 14.2 Å². The number of nitrogens with zero attached hydrogens (tertiary/aromatic N) is 1. The van der Waals surface area contributed by atoms with E-state index in [0.29, 0.717) is 22.8 Å². The minimum absolute atomic E-state index is 0.114. The largest absolute Gasteiger partial charge is 0.507 e. The predicted molar refractivity (Wildman–Crippen MR) is 98.7 cm³/mol. The molecule has 1 heterocycles. The van der Waals surface area contributed by atoms with E-state index in [2.05, 4.69) is 4.98 Å². The summed E-state index contributed by atoms with van der Waals surface area (Å²) in [4.78, 5) is 17.1. The zero-order chi connectivity index (χ0) is 18.7. The zero-order valence-corrected chi connectivity index (χ0v) is 15.3. The number of methoxy groups -OCH3 is 3. The van der Waals surface area contributed by atoms with E-state index in [4.69, 9.17) is 14.2 Å². The van der Waals surface area contributed by atoms with Gasteiger partial charge in [0.15, 0.2) is 17.3 Å². The van der Waals surface area contributed by atoms with Gasteiger partial charge in [-0.15, -0.1) is 11.3 Å².